The van der Waals surface area contributed by atoms with Crippen LogP contribution in [0.15, 0.2) is 0 Å². The summed E-state index contributed by atoms with van der Waals surface area (Å²) in [4.78, 5) is 10.5. The second-order valence-electron chi connectivity index (χ2n) is 2.20. The van der Waals surface area contributed by atoms with E-state index in [1.807, 2.05) is 13.8 Å². The van der Waals surface area contributed by atoms with Crippen molar-refractivity contribution >= 4 is 16.0 Å². The average molecular weight is 162 g/mol. The highest BCUT2D eigenvalue weighted by Gasteiger charge is 1.98. The molecular formula is C6H14O3Si. The highest BCUT2D eigenvalue weighted by atomic mass is 28.3. The molecule has 0 N–H and O–H groups in total. The van der Waals surface area contributed by atoms with Crippen LogP contribution in [0.3, 0.4) is 0 Å². The molecule has 0 heterocycles. The molecule has 0 aliphatic heterocycles. The van der Waals surface area contributed by atoms with Crippen molar-refractivity contribution in [2.45, 2.75) is 33.3 Å². The Kier molecular flexibility index (Phi) is 5.24. The molecule has 0 atom stereocenters. The standard InChI is InChI=1S/C6H14O3Si/c1-4-6(7)9-10-8-5(2)3/h5H,4,10H2,1-3H3. The van der Waals surface area contributed by atoms with E-state index in [9.17, 15) is 4.79 Å². The highest BCUT2D eigenvalue weighted by molar-refractivity contribution is 6.22. The molecule has 60 valence electrons. The van der Waals surface area contributed by atoms with Crippen LogP contribution < -0.4 is 0 Å². The van der Waals surface area contributed by atoms with Crippen LogP contribution >= 0.6 is 0 Å². The first-order valence-corrected chi connectivity index (χ1v) is 4.59. The third-order valence-corrected chi connectivity index (χ3v) is 2.15. The van der Waals surface area contributed by atoms with Crippen molar-refractivity contribution in [3.05, 3.63) is 0 Å². The van der Waals surface area contributed by atoms with E-state index in [2.05, 4.69) is 0 Å². The molecule has 0 aromatic rings. The molecular weight excluding hydrogens is 148 g/mol. The SMILES string of the molecule is CCC(=O)O[SiH2]OC(C)C. The first-order chi connectivity index (χ1) is 4.66. The van der Waals surface area contributed by atoms with Crippen LogP contribution in [0.5, 0.6) is 0 Å². The van der Waals surface area contributed by atoms with Crippen LogP contribution in [0.2, 0.25) is 0 Å². The number of hydrogen-bond acceptors (Lipinski definition) is 3. The molecule has 0 aromatic heterocycles. The van der Waals surface area contributed by atoms with Gasteiger partial charge in [-0.3, -0.25) is 4.79 Å². The van der Waals surface area contributed by atoms with Gasteiger partial charge in [0.1, 0.15) is 0 Å². The fraction of sp³-hybridized carbons (Fsp3) is 0.833. The molecule has 0 saturated heterocycles. The van der Waals surface area contributed by atoms with Gasteiger partial charge in [-0.1, -0.05) is 6.92 Å². The number of hydrogen-bond donors (Lipinski definition) is 0. The van der Waals surface area contributed by atoms with Crippen LogP contribution in [-0.4, -0.2) is 22.1 Å². The van der Waals surface area contributed by atoms with Crippen LogP contribution in [0.4, 0.5) is 0 Å². The van der Waals surface area contributed by atoms with E-state index < -0.39 is 10.0 Å². The highest BCUT2D eigenvalue weighted by Crippen LogP contribution is 1.87. The average Bonchev–Trinajstić information content (AvgIpc) is 1.87. The maximum absolute atomic E-state index is 10.5. The minimum absolute atomic E-state index is 0.160. The Bertz CT molecular complexity index is 103. The summed E-state index contributed by atoms with van der Waals surface area (Å²) in [5.74, 6) is -0.160. The van der Waals surface area contributed by atoms with Crippen LogP contribution in [0.25, 0.3) is 0 Å². The van der Waals surface area contributed by atoms with E-state index in [0.717, 1.165) is 0 Å². The van der Waals surface area contributed by atoms with Gasteiger partial charge < -0.3 is 8.85 Å². The van der Waals surface area contributed by atoms with Crippen LogP contribution in [-0.2, 0) is 13.6 Å². The van der Waals surface area contributed by atoms with E-state index in [4.69, 9.17) is 8.85 Å². The normalized spacial score (nSPS) is 11.2. The lowest BCUT2D eigenvalue weighted by Gasteiger charge is -2.06. The van der Waals surface area contributed by atoms with Gasteiger partial charge in [0.05, 0.1) is 0 Å². The van der Waals surface area contributed by atoms with Crippen LogP contribution in [0, 0.1) is 0 Å². The Labute approximate surface area is 63.8 Å². The lowest BCUT2D eigenvalue weighted by Crippen LogP contribution is -2.14. The van der Waals surface area contributed by atoms with Gasteiger partial charge in [-0.05, 0) is 13.8 Å². The van der Waals surface area contributed by atoms with Crippen molar-refractivity contribution in [3.8, 4) is 0 Å². The third kappa shape index (κ3) is 5.78. The van der Waals surface area contributed by atoms with Crippen molar-refractivity contribution in [2.75, 3.05) is 0 Å². The topological polar surface area (TPSA) is 35.5 Å². The predicted molar refractivity (Wildman–Crippen MR) is 41.1 cm³/mol. The lowest BCUT2D eigenvalue weighted by atomic mass is 10.5. The smallest absolute Gasteiger partial charge is 0.369 e. The molecule has 0 aliphatic carbocycles. The summed E-state index contributed by atoms with van der Waals surface area (Å²) in [6.07, 6.45) is 0.616. The van der Waals surface area contributed by atoms with Gasteiger partial charge in [0.2, 0.25) is 0 Å². The van der Waals surface area contributed by atoms with Crippen molar-refractivity contribution < 1.29 is 13.6 Å². The second-order valence-corrected chi connectivity index (χ2v) is 3.06. The first kappa shape index (κ1) is 9.65. The Morgan fingerprint density at radius 1 is 1.60 bits per heavy atom. The van der Waals surface area contributed by atoms with Gasteiger partial charge >= 0.3 is 10.0 Å². The predicted octanol–water partition coefficient (Wildman–Crippen LogP) is 0.363. The van der Waals surface area contributed by atoms with Gasteiger partial charge in [-0.25, -0.2) is 0 Å². The molecule has 0 radical (unpaired) electrons. The molecule has 0 fully saturated rings. The molecule has 4 heteroatoms. The van der Waals surface area contributed by atoms with Gasteiger partial charge in [-0.2, -0.15) is 0 Å². The van der Waals surface area contributed by atoms with Crippen LogP contribution in [0.1, 0.15) is 27.2 Å². The fourth-order valence-corrected chi connectivity index (χ4v) is 1.01. The summed E-state index contributed by atoms with van der Waals surface area (Å²) >= 11 is 0. The summed E-state index contributed by atoms with van der Waals surface area (Å²) in [6, 6.07) is 0. The van der Waals surface area contributed by atoms with Crippen molar-refractivity contribution in [2.24, 2.45) is 0 Å². The van der Waals surface area contributed by atoms with E-state index in [-0.39, 0.29) is 12.1 Å². The molecule has 0 aliphatic rings. The molecule has 0 rings (SSSR count). The minimum atomic E-state index is -1.04. The van der Waals surface area contributed by atoms with E-state index in [0.29, 0.717) is 6.42 Å². The Morgan fingerprint density at radius 3 is 2.60 bits per heavy atom. The fourth-order valence-electron chi connectivity index (χ4n) is 0.338. The molecule has 0 bridgehead atoms. The molecule has 0 spiro atoms. The summed E-state index contributed by atoms with van der Waals surface area (Å²) < 4.78 is 9.89. The minimum Gasteiger partial charge on any atom is -0.499 e. The molecule has 0 amide bonds. The molecule has 3 nitrogen and oxygen atoms in total. The molecule has 0 aromatic carbocycles. The van der Waals surface area contributed by atoms with E-state index in [1.165, 1.54) is 0 Å². The summed E-state index contributed by atoms with van der Waals surface area (Å²) in [6.45, 7) is 5.62. The summed E-state index contributed by atoms with van der Waals surface area (Å²) in [5.41, 5.74) is 0. The maximum Gasteiger partial charge on any atom is 0.369 e. The van der Waals surface area contributed by atoms with E-state index >= 15 is 0 Å². The molecule has 10 heavy (non-hydrogen) atoms. The Hall–Kier alpha value is -0.353. The number of rotatable bonds is 4. The van der Waals surface area contributed by atoms with Crippen molar-refractivity contribution in [3.63, 3.8) is 0 Å². The summed E-state index contributed by atoms with van der Waals surface area (Å²) in [7, 11) is -1.04. The maximum atomic E-state index is 10.5. The quantitative estimate of drug-likeness (QED) is 0.560. The zero-order valence-electron chi connectivity index (χ0n) is 6.72. The van der Waals surface area contributed by atoms with E-state index in [1.54, 1.807) is 6.92 Å². The zero-order chi connectivity index (χ0) is 7.98. The lowest BCUT2D eigenvalue weighted by molar-refractivity contribution is -0.135. The third-order valence-electron chi connectivity index (χ3n) is 0.910. The molecule has 0 unspecified atom stereocenters. The monoisotopic (exact) mass is 162 g/mol. The zero-order valence-corrected chi connectivity index (χ0v) is 8.13. The van der Waals surface area contributed by atoms with Gasteiger partial charge in [-0.15, -0.1) is 0 Å². The van der Waals surface area contributed by atoms with Gasteiger partial charge in [0, 0.05) is 12.5 Å². The van der Waals surface area contributed by atoms with Crippen molar-refractivity contribution in [1.29, 1.82) is 0 Å². The summed E-state index contributed by atoms with van der Waals surface area (Å²) in [5, 5.41) is 0. The molecule has 0 saturated carbocycles. The number of carbonyl (C=O) groups is 1. The Balaban J connectivity index is 3.12. The second kappa shape index (κ2) is 5.43. The van der Waals surface area contributed by atoms with Crippen molar-refractivity contribution in [1.82, 2.24) is 0 Å². The first-order valence-electron chi connectivity index (χ1n) is 3.44. The van der Waals surface area contributed by atoms with Gasteiger partial charge in [0.25, 0.3) is 5.97 Å². The Morgan fingerprint density at radius 2 is 2.20 bits per heavy atom. The number of carbonyl (C=O) groups excluding carboxylic acids is 1. The van der Waals surface area contributed by atoms with Gasteiger partial charge in [0.15, 0.2) is 0 Å². The largest absolute Gasteiger partial charge is 0.499 e.